The third kappa shape index (κ3) is 3.57. The zero-order valence-corrected chi connectivity index (χ0v) is 17.3. The summed E-state index contributed by atoms with van der Waals surface area (Å²) in [5.41, 5.74) is 3.05. The van der Waals surface area contributed by atoms with Crippen molar-refractivity contribution in [2.75, 3.05) is 0 Å². The summed E-state index contributed by atoms with van der Waals surface area (Å²) in [5.74, 6) is 0.684. The number of phenols is 1. The maximum Gasteiger partial charge on any atom is 0.266 e. The van der Waals surface area contributed by atoms with E-state index in [4.69, 9.17) is 4.98 Å². The monoisotopic (exact) mass is 480 g/mol. The lowest BCUT2D eigenvalue weighted by molar-refractivity contribution is 0.474. The molecule has 1 aromatic heterocycles. The van der Waals surface area contributed by atoms with Crippen LogP contribution in [0.4, 0.5) is 0 Å². The Morgan fingerprint density at radius 1 is 1.00 bits per heavy atom. The quantitative estimate of drug-likeness (QED) is 0.412. The molecule has 0 fully saturated rings. The molecule has 0 aliphatic heterocycles. The van der Waals surface area contributed by atoms with Gasteiger partial charge in [0.2, 0.25) is 0 Å². The molecular formula is C23H17IN2O2. The number of aromatic hydroxyl groups is 1. The molecule has 0 atom stereocenters. The SMILES string of the molecule is Cc1ccc(-n2c(/C=C/c3ccccc3O)nc3ccc(I)cc3c2=O)cc1. The zero-order valence-electron chi connectivity index (χ0n) is 15.1. The molecule has 0 bridgehead atoms. The van der Waals surface area contributed by atoms with Crippen LogP contribution in [0.5, 0.6) is 5.75 Å². The van der Waals surface area contributed by atoms with Gasteiger partial charge in [-0.1, -0.05) is 35.9 Å². The first-order valence-electron chi connectivity index (χ1n) is 8.78. The van der Waals surface area contributed by atoms with Crippen LogP contribution in [-0.2, 0) is 0 Å². The smallest absolute Gasteiger partial charge is 0.266 e. The number of hydrogen-bond donors (Lipinski definition) is 1. The van der Waals surface area contributed by atoms with Crippen molar-refractivity contribution < 1.29 is 5.11 Å². The van der Waals surface area contributed by atoms with E-state index in [0.717, 1.165) is 14.8 Å². The van der Waals surface area contributed by atoms with Gasteiger partial charge in [0, 0.05) is 9.13 Å². The Hall–Kier alpha value is -2.93. The highest BCUT2D eigenvalue weighted by molar-refractivity contribution is 14.1. The molecule has 1 N–H and O–H groups in total. The maximum absolute atomic E-state index is 13.3. The van der Waals surface area contributed by atoms with Crippen molar-refractivity contribution in [2.24, 2.45) is 0 Å². The van der Waals surface area contributed by atoms with Crippen molar-refractivity contribution in [2.45, 2.75) is 6.92 Å². The van der Waals surface area contributed by atoms with E-state index in [1.165, 1.54) is 0 Å². The summed E-state index contributed by atoms with van der Waals surface area (Å²) in [6.45, 7) is 2.01. The summed E-state index contributed by atoms with van der Waals surface area (Å²) in [4.78, 5) is 18.0. The lowest BCUT2D eigenvalue weighted by Crippen LogP contribution is -2.22. The molecule has 4 nitrogen and oxygen atoms in total. The van der Waals surface area contributed by atoms with Crippen molar-refractivity contribution in [3.63, 3.8) is 0 Å². The number of benzene rings is 3. The molecule has 0 saturated heterocycles. The van der Waals surface area contributed by atoms with Gasteiger partial charge in [-0.05, 0) is 78.1 Å². The van der Waals surface area contributed by atoms with E-state index < -0.39 is 0 Å². The number of hydrogen-bond acceptors (Lipinski definition) is 3. The summed E-state index contributed by atoms with van der Waals surface area (Å²) in [6, 6.07) is 20.5. The van der Waals surface area contributed by atoms with Crippen molar-refractivity contribution in [3.8, 4) is 11.4 Å². The molecule has 138 valence electrons. The number of aryl methyl sites for hydroxylation is 1. The predicted octanol–water partition coefficient (Wildman–Crippen LogP) is 5.17. The predicted molar refractivity (Wildman–Crippen MR) is 122 cm³/mol. The van der Waals surface area contributed by atoms with Crippen molar-refractivity contribution in [3.05, 3.63) is 97.6 Å². The Kier molecular flexibility index (Phi) is 5.00. The number of para-hydroxylation sites is 1. The van der Waals surface area contributed by atoms with Gasteiger partial charge in [-0.15, -0.1) is 0 Å². The number of aromatic nitrogens is 2. The number of rotatable bonds is 3. The minimum atomic E-state index is -0.121. The first-order valence-corrected chi connectivity index (χ1v) is 9.86. The highest BCUT2D eigenvalue weighted by Gasteiger charge is 2.12. The minimum Gasteiger partial charge on any atom is -0.507 e. The van der Waals surface area contributed by atoms with Gasteiger partial charge >= 0.3 is 0 Å². The van der Waals surface area contributed by atoms with Crippen LogP contribution in [0, 0.1) is 10.5 Å². The number of phenolic OH excluding ortho intramolecular Hbond substituents is 1. The van der Waals surface area contributed by atoms with E-state index >= 15 is 0 Å². The van der Waals surface area contributed by atoms with Gasteiger partial charge in [-0.2, -0.15) is 0 Å². The lowest BCUT2D eigenvalue weighted by Gasteiger charge is -2.12. The van der Waals surface area contributed by atoms with Gasteiger partial charge in [0.25, 0.3) is 5.56 Å². The van der Waals surface area contributed by atoms with E-state index in [1.54, 1.807) is 28.9 Å². The summed E-state index contributed by atoms with van der Waals surface area (Å²) in [5, 5.41) is 10.6. The second kappa shape index (κ2) is 7.59. The van der Waals surface area contributed by atoms with E-state index in [1.807, 2.05) is 61.5 Å². The number of nitrogens with zero attached hydrogens (tertiary/aromatic N) is 2. The molecule has 0 radical (unpaired) electrons. The topological polar surface area (TPSA) is 55.1 Å². The molecule has 0 aliphatic rings. The summed E-state index contributed by atoms with van der Waals surface area (Å²) in [7, 11) is 0. The van der Waals surface area contributed by atoms with Gasteiger partial charge in [-0.3, -0.25) is 9.36 Å². The van der Waals surface area contributed by atoms with Crippen LogP contribution in [0.25, 0.3) is 28.7 Å². The highest BCUT2D eigenvalue weighted by atomic mass is 127. The average Bonchev–Trinajstić information content (AvgIpc) is 2.69. The highest BCUT2D eigenvalue weighted by Crippen LogP contribution is 2.21. The second-order valence-electron chi connectivity index (χ2n) is 6.50. The largest absolute Gasteiger partial charge is 0.507 e. The Morgan fingerprint density at radius 2 is 1.75 bits per heavy atom. The van der Waals surface area contributed by atoms with Crippen molar-refractivity contribution in [1.82, 2.24) is 9.55 Å². The normalized spacial score (nSPS) is 11.4. The molecular weight excluding hydrogens is 463 g/mol. The molecule has 5 heteroatoms. The molecule has 0 amide bonds. The number of halogens is 1. The van der Waals surface area contributed by atoms with E-state index in [-0.39, 0.29) is 11.3 Å². The number of fused-ring (bicyclic) bond motifs is 1. The molecule has 3 aromatic carbocycles. The van der Waals surface area contributed by atoms with Gasteiger partial charge in [0.15, 0.2) is 0 Å². The second-order valence-corrected chi connectivity index (χ2v) is 7.75. The maximum atomic E-state index is 13.3. The van der Waals surface area contributed by atoms with Crippen LogP contribution in [0.1, 0.15) is 17.0 Å². The van der Waals surface area contributed by atoms with Crippen LogP contribution in [-0.4, -0.2) is 14.7 Å². The Morgan fingerprint density at radius 3 is 2.50 bits per heavy atom. The molecule has 0 aliphatic carbocycles. The van der Waals surface area contributed by atoms with Crippen molar-refractivity contribution >= 4 is 45.6 Å². The fraction of sp³-hybridized carbons (Fsp3) is 0.0435. The van der Waals surface area contributed by atoms with E-state index in [0.29, 0.717) is 22.3 Å². The first kappa shape index (κ1) is 18.4. The first-order chi connectivity index (χ1) is 13.5. The van der Waals surface area contributed by atoms with Crippen LogP contribution < -0.4 is 5.56 Å². The Labute approximate surface area is 175 Å². The van der Waals surface area contributed by atoms with Gasteiger partial charge < -0.3 is 5.11 Å². The third-order valence-corrected chi connectivity index (χ3v) is 5.17. The van der Waals surface area contributed by atoms with Gasteiger partial charge in [0.1, 0.15) is 11.6 Å². The molecule has 0 unspecified atom stereocenters. The average molecular weight is 480 g/mol. The zero-order chi connectivity index (χ0) is 19.7. The van der Waals surface area contributed by atoms with Crippen LogP contribution in [0.2, 0.25) is 0 Å². The Balaban J connectivity index is 1.97. The molecule has 1 heterocycles. The molecule has 28 heavy (non-hydrogen) atoms. The fourth-order valence-corrected chi connectivity index (χ4v) is 3.51. The standard InChI is InChI=1S/C23H17IN2O2/c1-15-6-10-18(11-7-15)26-22(13-8-16-4-2-3-5-21(16)27)25-20-12-9-17(24)14-19(20)23(26)28/h2-14,27H,1H3/b13-8+. The van der Waals surface area contributed by atoms with Crippen LogP contribution in [0.15, 0.2) is 71.5 Å². The fourth-order valence-electron chi connectivity index (χ4n) is 3.02. The third-order valence-electron chi connectivity index (χ3n) is 4.50. The molecule has 0 spiro atoms. The van der Waals surface area contributed by atoms with Crippen LogP contribution >= 0.6 is 22.6 Å². The lowest BCUT2D eigenvalue weighted by atomic mass is 10.1. The summed E-state index contributed by atoms with van der Waals surface area (Å²) in [6.07, 6.45) is 3.52. The van der Waals surface area contributed by atoms with Crippen LogP contribution in [0.3, 0.4) is 0 Å². The Bertz CT molecular complexity index is 1260. The summed E-state index contributed by atoms with van der Waals surface area (Å²) >= 11 is 2.19. The van der Waals surface area contributed by atoms with Crippen molar-refractivity contribution in [1.29, 1.82) is 0 Å². The molecule has 4 aromatic rings. The van der Waals surface area contributed by atoms with Gasteiger partial charge in [0.05, 0.1) is 16.6 Å². The van der Waals surface area contributed by atoms with Gasteiger partial charge in [-0.25, -0.2) is 4.98 Å². The molecule has 4 rings (SSSR count). The molecule has 0 saturated carbocycles. The van der Waals surface area contributed by atoms with E-state index in [9.17, 15) is 9.90 Å². The summed E-state index contributed by atoms with van der Waals surface area (Å²) < 4.78 is 2.59. The van der Waals surface area contributed by atoms with E-state index in [2.05, 4.69) is 22.6 Å². The minimum absolute atomic E-state index is 0.121.